The zero-order valence-corrected chi connectivity index (χ0v) is 14.0. The number of hydrogen-bond donors (Lipinski definition) is 1. The van der Waals surface area contributed by atoms with E-state index in [2.05, 4.69) is 15.6 Å². The van der Waals surface area contributed by atoms with E-state index in [-0.39, 0.29) is 11.4 Å². The molecule has 1 amide bonds. The van der Waals surface area contributed by atoms with Gasteiger partial charge in [-0.15, -0.1) is 5.10 Å². The van der Waals surface area contributed by atoms with Crippen LogP contribution < -0.4 is 5.32 Å². The monoisotopic (exact) mass is 342 g/mol. The topological polar surface area (TPSA) is 59.8 Å². The first-order valence-corrected chi connectivity index (χ1v) is 7.63. The van der Waals surface area contributed by atoms with Crippen LogP contribution in [-0.4, -0.2) is 20.9 Å². The average Bonchev–Trinajstić information content (AvgIpc) is 2.92. The summed E-state index contributed by atoms with van der Waals surface area (Å²) in [4.78, 5) is 12.4. The van der Waals surface area contributed by atoms with E-state index in [1.807, 2.05) is 32.0 Å². The smallest absolute Gasteiger partial charge is 0.278 e. The number of benzene rings is 2. The van der Waals surface area contributed by atoms with Crippen LogP contribution in [0.15, 0.2) is 36.4 Å². The molecule has 1 aromatic heterocycles. The van der Waals surface area contributed by atoms with Crippen molar-refractivity contribution in [2.75, 3.05) is 5.32 Å². The number of rotatable bonds is 3. The summed E-state index contributed by atoms with van der Waals surface area (Å²) in [5.74, 6) is -2.18. The number of carbonyl (C=O) groups is 1. The van der Waals surface area contributed by atoms with Gasteiger partial charge in [0, 0.05) is 6.07 Å². The van der Waals surface area contributed by atoms with Gasteiger partial charge in [-0.25, -0.2) is 13.5 Å². The Bertz CT molecular complexity index is 966. The minimum atomic E-state index is -0.854. The van der Waals surface area contributed by atoms with Crippen molar-refractivity contribution in [3.05, 3.63) is 70.5 Å². The number of anilines is 1. The second-order valence-electron chi connectivity index (χ2n) is 5.80. The van der Waals surface area contributed by atoms with E-state index >= 15 is 0 Å². The van der Waals surface area contributed by atoms with Gasteiger partial charge in [0.2, 0.25) is 0 Å². The van der Waals surface area contributed by atoms with E-state index in [1.165, 1.54) is 0 Å². The van der Waals surface area contributed by atoms with Crippen molar-refractivity contribution in [2.24, 2.45) is 0 Å². The lowest BCUT2D eigenvalue weighted by Gasteiger charge is -2.08. The maximum absolute atomic E-state index is 13.7. The summed E-state index contributed by atoms with van der Waals surface area (Å²) in [7, 11) is 0. The molecule has 0 spiro atoms. The number of nitrogens with zero attached hydrogens (tertiary/aromatic N) is 3. The molecule has 0 saturated heterocycles. The van der Waals surface area contributed by atoms with Crippen molar-refractivity contribution in [2.45, 2.75) is 20.8 Å². The number of aryl methyl sites for hydroxylation is 2. The summed E-state index contributed by atoms with van der Waals surface area (Å²) >= 11 is 0. The standard InChI is InChI=1S/C18H16F2N4O/c1-10-4-7-16(11(2)8-10)24-12(3)17(22-23-24)18(25)21-15-6-5-13(19)9-14(15)20/h4-9H,1-3H3,(H,21,25). The molecular formula is C18H16F2N4O. The molecule has 0 bridgehead atoms. The van der Waals surface area contributed by atoms with E-state index in [0.717, 1.165) is 28.9 Å². The van der Waals surface area contributed by atoms with E-state index in [0.29, 0.717) is 11.8 Å². The van der Waals surface area contributed by atoms with Crippen molar-refractivity contribution in [1.29, 1.82) is 0 Å². The Morgan fingerprint density at radius 1 is 1.08 bits per heavy atom. The summed E-state index contributed by atoms with van der Waals surface area (Å²) in [6.45, 7) is 5.63. The summed E-state index contributed by atoms with van der Waals surface area (Å²) < 4.78 is 28.2. The molecule has 3 rings (SSSR count). The Morgan fingerprint density at radius 2 is 1.84 bits per heavy atom. The molecule has 5 nitrogen and oxygen atoms in total. The van der Waals surface area contributed by atoms with Gasteiger partial charge in [0.25, 0.3) is 5.91 Å². The second kappa shape index (κ2) is 6.43. The summed E-state index contributed by atoms with van der Waals surface area (Å²) in [6.07, 6.45) is 0. The van der Waals surface area contributed by atoms with Gasteiger partial charge < -0.3 is 5.32 Å². The lowest BCUT2D eigenvalue weighted by Crippen LogP contribution is -2.15. The highest BCUT2D eigenvalue weighted by atomic mass is 19.1. The van der Waals surface area contributed by atoms with Gasteiger partial charge in [0.05, 0.1) is 17.1 Å². The van der Waals surface area contributed by atoms with Crippen LogP contribution in [-0.2, 0) is 0 Å². The van der Waals surface area contributed by atoms with Gasteiger partial charge >= 0.3 is 0 Å². The number of amides is 1. The van der Waals surface area contributed by atoms with Gasteiger partial charge in [-0.3, -0.25) is 4.79 Å². The Morgan fingerprint density at radius 3 is 2.52 bits per heavy atom. The van der Waals surface area contributed by atoms with E-state index in [1.54, 1.807) is 11.6 Å². The van der Waals surface area contributed by atoms with E-state index in [9.17, 15) is 13.6 Å². The predicted octanol–water partition coefficient (Wildman–Crippen LogP) is 3.72. The zero-order valence-electron chi connectivity index (χ0n) is 14.0. The molecule has 0 aliphatic heterocycles. The molecule has 25 heavy (non-hydrogen) atoms. The van der Waals surface area contributed by atoms with Crippen LogP contribution in [0.25, 0.3) is 5.69 Å². The lowest BCUT2D eigenvalue weighted by atomic mass is 10.1. The maximum atomic E-state index is 13.7. The summed E-state index contributed by atoms with van der Waals surface area (Å²) in [5.41, 5.74) is 3.39. The Labute approximate surface area is 143 Å². The molecule has 0 radical (unpaired) electrons. The van der Waals surface area contributed by atoms with Crippen molar-refractivity contribution < 1.29 is 13.6 Å². The third-order valence-corrected chi connectivity index (χ3v) is 3.87. The van der Waals surface area contributed by atoms with Crippen LogP contribution in [0.4, 0.5) is 14.5 Å². The molecule has 0 unspecified atom stereocenters. The van der Waals surface area contributed by atoms with Crippen LogP contribution in [0.3, 0.4) is 0 Å². The van der Waals surface area contributed by atoms with Gasteiger partial charge in [-0.2, -0.15) is 0 Å². The molecule has 0 saturated carbocycles. The van der Waals surface area contributed by atoms with Gasteiger partial charge in [0.15, 0.2) is 5.69 Å². The van der Waals surface area contributed by atoms with Crippen LogP contribution >= 0.6 is 0 Å². The Balaban J connectivity index is 1.91. The average molecular weight is 342 g/mol. The second-order valence-corrected chi connectivity index (χ2v) is 5.80. The number of aromatic nitrogens is 3. The molecule has 1 heterocycles. The molecule has 3 aromatic rings. The van der Waals surface area contributed by atoms with Gasteiger partial charge in [0.1, 0.15) is 11.6 Å². The highest BCUT2D eigenvalue weighted by Crippen LogP contribution is 2.20. The fraction of sp³-hybridized carbons (Fsp3) is 0.167. The Kier molecular flexibility index (Phi) is 4.31. The molecule has 0 aliphatic rings. The fourth-order valence-corrected chi connectivity index (χ4v) is 2.58. The number of nitrogens with one attached hydrogen (secondary N) is 1. The third-order valence-electron chi connectivity index (χ3n) is 3.87. The van der Waals surface area contributed by atoms with Crippen LogP contribution in [0.1, 0.15) is 27.3 Å². The van der Waals surface area contributed by atoms with Crippen molar-refractivity contribution in [1.82, 2.24) is 15.0 Å². The van der Waals surface area contributed by atoms with Crippen molar-refractivity contribution in [3.8, 4) is 5.69 Å². The summed E-state index contributed by atoms with van der Waals surface area (Å²) in [6, 6.07) is 8.77. The number of hydrogen-bond acceptors (Lipinski definition) is 3. The molecule has 2 aromatic carbocycles. The largest absolute Gasteiger partial charge is 0.318 e. The van der Waals surface area contributed by atoms with Crippen molar-refractivity contribution >= 4 is 11.6 Å². The minimum absolute atomic E-state index is 0.0729. The number of carbonyl (C=O) groups excluding carboxylic acids is 1. The van der Waals surface area contributed by atoms with E-state index < -0.39 is 17.5 Å². The van der Waals surface area contributed by atoms with Crippen LogP contribution in [0, 0.1) is 32.4 Å². The SMILES string of the molecule is Cc1ccc(-n2nnc(C(=O)Nc3ccc(F)cc3F)c2C)c(C)c1. The highest BCUT2D eigenvalue weighted by Gasteiger charge is 2.19. The third kappa shape index (κ3) is 3.26. The lowest BCUT2D eigenvalue weighted by molar-refractivity contribution is 0.102. The van der Waals surface area contributed by atoms with Crippen LogP contribution in [0.5, 0.6) is 0 Å². The van der Waals surface area contributed by atoms with E-state index in [4.69, 9.17) is 0 Å². The normalized spacial score (nSPS) is 10.8. The molecule has 0 atom stereocenters. The molecular weight excluding hydrogens is 326 g/mol. The number of halogens is 2. The fourth-order valence-electron chi connectivity index (χ4n) is 2.58. The molecule has 1 N–H and O–H groups in total. The van der Waals surface area contributed by atoms with Crippen molar-refractivity contribution in [3.63, 3.8) is 0 Å². The summed E-state index contributed by atoms with van der Waals surface area (Å²) in [5, 5.41) is 10.3. The first-order valence-electron chi connectivity index (χ1n) is 7.63. The molecule has 128 valence electrons. The zero-order chi connectivity index (χ0) is 18.1. The molecule has 0 fully saturated rings. The first-order chi connectivity index (χ1) is 11.9. The maximum Gasteiger partial charge on any atom is 0.278 e. The Hall–Kier alpha value is -3.09. The molecule has 7 heteroatoms. The van der Waals surface area contributed by atoms with Crippen LogP contribution in [0.2, 0.25) is 0 Å². The van der Waals surface area contributed by atoms with Gasteiger partial charge in [-0.05, 0) is 44.5 Å². The molecule has 0 aliphatic carbocycles. The minimum Gasteiger partial charge on any atom is -0.318 e. The predicted molar refractivity (Wildman–Crippen MR) is 89.9 cm³/mol. The quantitative estimate of drug-likeness (QED) is 0.789. The van der Waals surface area contributed by atoms with Gasteiger partial charge in [-0.1, -0.05) is 22.9 Å². The highest BCUT2D eigenvalue weighted by molar-refractivity contribution is 6.03. The first kappa shape index (κ1) is 16.8.